The fraction of sp³-hybridized carbons (Fsp3) is 0.364. The Bertz CT molecular complexity index is 414. The van der Waals surface area contributed by atoms with Crippen molar-refractivity contribution in [2.24, 2.45) is 0 Å². The van der Waals surface area contributed by atoms with E-state index in [-0.39, 0.29) is 18.7 Å². The molecular formula is C11H14BrClN2O2. The summed E-state index contributed by atoms with van der Waals surface area (Å²) in [5.41, 5.74) is 0.539. The predicted molar refractivity (Wildman–Crippen MR) is 72.5 cm³/mol. The van der Waals surface area contributed by atoms with Gasteiger partial charge in [0.1, 0.15) is 0 Å². The Morgan fingerprint density at radius 3 is 2.82 bits per heavy atom. The van der Waals surface area contributed by atoms with Gasteiger partial charge in [0.25, 0.3) is 0 Å². The van der Waals surface area contributed by atoms with Crippen molar-refractivity contribution in [3.8, 4) is 0 Å². The quantitative estimate of drug-likeness (QED) is 0.899. The summed E-state index contributed by atoms with van der Waals surface area (Å²) in [6.07, 6.45) is 0. The number of carbonyl (C=O) groups is 1. The second-order valence-electron chi connectivity index (χ2n) is 3.70. The summed E-state index contributed by atoms with van der Waals surface area (Å²) < 4.78 is 0.845. The molecule has 2 N–H and O–H groups in total. The van der Waals surface area contributed by atoms with Gasteiger partial charge in [-0.25, -0.2) is 4.79 Å². The minimum Gasteiger partial charge on any atom is -0.394 e. The highest BCUT2D eigenvalue weighted by Gasteiger charge is 2.15. The van der Waals surface area contributed by atoms with Crippen molar-refractivity contribution in [3.63, 3.8) is 0 Å². The Morgan fingerprint density at radius 1 is 1.65 bits per heavy atom. The van der Waals surface area contributed by atoms with Crippen LogP contribution >= 0.6 is 27.5 Å². The van der Waals surface area contributed by atoms with Crippen LogP contribution in [0.4, 0.5) is 10.5 Å². The van der Waals surface area contributed by atoms with Crippen molar-refractivity contribution in [2.45, 2.75) is 13.0 Å². The number of hydrogen-bond acceptors (Lipinski definition) is 2. The molecule has 0 aliphatic heterocycles. The van der Waals surface area contributed by atoms with Gasteiger partial charge in [-0.1, -0.05) is 27.5 Å². The Hall–Kier alpha value is -0.780. The zero-order valence-corrected chi connectivity index (χ0v) is 11.9. The molecule has 1 aromatic carbocycles. The molecule has 0 spiro atoms. The molecular weight excluding hydrogens is 307 g/mol. The Kier molecular flexibility index (Phi) is 5.24. The van der Waals surface area contributed by atoms with E-state index in [4.69, 9.17) is 16.7 Å². The number of urea groups is 1. The summed E-state index contributed by atoms with van der Waals surface area (Å²) in [5.74, 6) is 0. The second-order valence-corrected chi connectivity index (χ2v) is 5.02. The van der Waals surface area contributed by atoms with Crippen molar-refractivity contribution in [3.05, 3.63) is 27.7 Å². The summed E-state index contributed by atoms with van der Waals surface area (Å²) in [6.45, 7) is 1.67. The number of likely N-dealkylation sites (N-methyl/N-ethyl adjacent to an activating group) is 1. The van der Waals surface area contributed by atoms with Gasteiger partial charge in [-0.2, -0.15) is 0 Å². The SMILES string of the molecule is CC(CO)N(C)C(=O)Nc1ccc(Br)cc1Cl. The lowest BCUT2D eigenvalue weighted by atomic mass is 10.3. The topological polar surface area (TPSA) is 52.6 Å². The molecule has 6 heteroatoms. The van der Waals surface area contributed by atoms with Crippen LogP contribution in [0.5, 0.6) is 0 Å². The van der Waals surface area contributed by atoms with Crippen molar-refractivity contribution in [1.29, 1.82) is 0 Å². The number of nitrogens with one attached hydrogen (secondary N) is 1. The van der Waals surface area contributed by atoms with Crippen LogP contribution in [-0.4, -0.2) is 35.7 Å². The molecule has 17 heavy (non-hydrogen) atoms. The number of halogens is 2. The van der Waals surface area contributed by atoms with Gasteiger partial charge in [0.2, 0.25) is 0 Å². The van der Waals surface area contributed by atoms with E-state index in [1.54, 1.807) is 32.2 Å². The molecule has 2 amide bonds. The van der Waals surface area contributed by atoms with Gasteiger partial charge in [-0.05, 0) is 25.1 Å². The number of anilines is 1. The number of hydrogen-bond donors (Lipinski definition) is 2. The molecule has 0 radical (unpaired) electrons. The Balaban J connectivity index is 2.74. The van der Waals surface area contributed by atoms with E-state index in [0.29, 0.717) is 10.7 Å². The lowest BCUT2D eigenvalue weighted by Gasteiger charge is -2.23. The van der Waals surface area contributed by atoms with Gasteiger partial charge < -0.3 is 15.3 Å². The average molecular weight is 322 g/mol. The summed E-state index contributed by atoms with van der Waals surface area (Å²) >= 11 is 9.26. The lowest BCUT2D eigenvalue weighted by Crippen LogP contribution is -2.40. The highest BCUT2D eigenvalue weighted by molar-refractivity contribution is 9.10. The summed E-state index contributed by atoms with van der Waals surface area (Å²) in [6, 6.07) is 4.64. The Labute approximate surface area is 114 Å². The number of amides is 2. The van der Waals surface area contributed by atoms with Crippen LogP contribution in [0.2, 0.25) is 5.02 Å². The fourth-order valence-corrected chi connectivity index (χ4v) is 1.84. The second kappa shape index (κ2) is 6.23. The van der Waals surface area contributed by atoms with Crippen LogP contribution in [-0.2, 0) is 0 Å². The predicted octanol–water partition coefficient (Wildman–Crippen LogP) is 2.95. The molecule has 0 saturated heterocycles. The first-order valence-corrected chi connectivity index (χ1v) is 6.22. The molecule has 0 aliphatic rings. The zero-order valence-electron chi connectivity index (χ0n) is 9.58. The van der Waals surface area contributed by atoms with Gasteiger partial charge in [0.15, 0.2) is 0 Å². The number of benzene rings is 1. The summed E-state index contributed by atoms with van der Waals surface area (Å²) in [7, 11) is 1.61. The van der Waals surface area contributed by atoms with Gasteiger partial charge in [0, 0.05) is 11.5 Å². The molecule has 1 atom stereocenters. The number of carbonyl (C=O) groups excluding carboxylic acids is 1. The maximum atomic E-state index is 11.8. The molecule has 0 aromatic heterocycles. The molecule has 94 valence electrons. The molecule has 0 saturated carbocycles. The van der Waals surface area contributed by atoms with Gasteiger partial charge in [-0.3, -0.25) is 0 Å². The maximum absolute atomic E-state index is 11.8. The number of rotatable bonds is 3. The highest BCUT2D eigenvalue weighted by atomic mass is 79.9. The molecule has 1 aromatic rings. The van der Waals surface area contributed by atoms with E-state index in [2.05, 4.69) is 21.2 Å². The third kappa shape index (κ3) is 3.87. The number of nitrogens with zero attached hydrogens (tertiary/aromatic N) is 1. The smallest absolute Gasteiger partial charge is 0.321 e. The standard InChI is InChI=1S/C11H14BrClN2O2/c1-7(6-16)15(2)11(17)14-10-4-3-8(12)5-9(10)13/h3-5,7,16H,6H2,1-2H3,(H,14,17). The zero-order chi connectivity index (χ0) is 13.0. The first-order chi connectivity index (χ1) is 7.95. The van der Waals surface area contributed by atoms with Crippen LogP contribution < -0.4 is 5.32 Å². The lowest BCUT2D eigenvalue weighted by molar-refractivity contribution is 0.166. The molecule has 1 rings (SSSR count). The van der Waals surface area contributed by atoms with Crippen LogP contribution in [0.15, 0.2) is 22.7 Å². The molecule has 1 unspecified atom stereocenters. The minimum atomic E-state index is -0.309. The van der Waals surface area contributed by atoms with E-state index >= 15 is 0 Å². The summed E-state index contributed by atoms with van der Waals surface area (Å²) in [5, 5.41) is 12.1. The summed E-state index contributed by atoms with van der Waals surface area (Å²) in [4.78, 5) is 13.2. The minimum absolute atomic E-state index is 0.0853. The van der Waals surface area contributed by atoms with Crippen LogP contribution in [0.3, 0.4) is 0 Å². The molecule has 0 heterocycles. The maximum Gasteiger partial charge on any atom is 0.321 e. The molecule has 0 fully saturated rings. The van der Waals surface area contributed by atoms with Gasteiger partial charge >= 0.3 is 6.03 Å². The van der Waals surface area contributed by atoms with Crippen LogP contribution in [0.25, 0.3) is 0 Å². The fourth-order valence-electron chi connectivity index (χ4n) is 1.12. The third-order valence-corrected chi connectivity index (χ3v) is 3.22. The van der Waals surface area contributed by atoms with E-state index in [1.807, 2.05) is 0 Å². The number of aliphatic hydroxyl groups excluding tert-OH is 1. The average Bonchev–Trinajstić information content (AvgIpc) is 2.30. The van der Waals surface area contributed by atoms with Crippen molar-refractivity contribution in [2.75, 3.05) is 19.0 Å². The molecule has 4 nitrogen and oxygen atoms in total. The monoisotopic (exact) mass is 320 g/mol. The van der Waals surface area contributed by atoms with E-state index < -0.39 is 0 Å². The van der Waals surface area contributed by atoms with E-state index in [0.717, 1.165) is 4.47 Å². The van der Waals surface area contributed by atoms with Crippen LogP contribution in [0.1, 0.15) is 6.92 Å². The van der Waals surface area contributed by atoms with Crippen molar-refractivity contribution < 1.29 is 9.90 Å². The Morgan fingerprint density at radius 2 is 2.29 bits per heavy atom. The van der Waals surface area contributed by atoms with Gasteiger partial charge in [0.05, 0.1) is 23.4 Å². The largest absolute Gasteiger partial charge is 0.394 e. The number of aliphatic hydroxyl groups is 1. The van der Waals surface area contributed by atoms with Crippen molar-refractivity contribution >= 4 is 39.2 Å². The highest BCUT2D eigenvalue weighted by Crippen LogP contribution is 2.25. The van der Waals surface area contributed by atoms with Gasteiger partial charge in [-0.15, -0.1) is 0 Å². The van der Waals surface area contributed by atoms with Crippen molar-refractivity contribution in [1.82, 2.24) is 4.90 Å². The van der Waals surface area contributed by atoms with E-state index in [1.165, 1.54) is 4.90 Å². The normalized spacial score (nSPS) is 12.1. The van der Waals surface area contributed by atoms with E-state index in [9.17, 15) is 4.79 Å². The van der Waals surface area contributed by atoms with Crippen LogP contribution in [0, 0.1) is 0 Å². The first-order valence-electron chi connectivity index (χ1n) is 5.05. The third-order valence-electron chi connectivity index (χ3n) is 2.42. The first kappa shape index (κ1) is 14.3. The molecule has 0 bridgehead atoms. The molecule has 0 aliphatic carbocycles.